The Morgan fingerprint density at radius 1 is 1.71 bits per heavy atom. The molecule has 0 saturated carbocycles. The highest BCUT2D eigenvalue weighted by Gasteiger charge is 2.18. The minimum atomic E-state index is -0.975. The van der Waals surface area contributed by atoms with E-state index >= 15 is 0 Å². The van der Waals surface area contributed by atoms with Gasteiger partial charge in [0.2, 0.25) is 0 Å². The van der Waals surface area contributed by atoms with Gasteiger partial charge in [0.05, 0.1) is 0 Å². The number of amides is 1. The smallest absolute Gasteiger partial charge is 0.419 e. The lowest BCUT2D eigenvalue weighted by molar-refractivity contribution is 0.179. The van der Waals surface area contributed by atoms with E-state index in [1.807, 2.05) is 0 Å². The molecule has 1 amide bonds. The Morgan fingerprint density at radius 3 is 2.43 bits per heavy atom. The second-order valence-electron chi connectivity index (χ2n) is 1.40. The summed E-state index contributed by atoms with van der Waals surface area (Å²) >= 11 is 0. The van der Waals surface area contributed by atoms with Gasteiger partial charge >= 0.3 is 6.09 Å². The SMILES string of the molecule is O=C(O)NN1CC1. The monoisotopic (exact) mass is 102 g/mol. The molecule has 1 aliphatic heterocycles. The van der Waals surface area contributed by atoms with E-state index in [4.69, 9.17) is 5.11 Å². The van der Waals surface area contributed by atoms with Gasteiger partial charge in [-0.25, -0.2) is 9.80 Å². The van der Waals surface area contributed by atoms with Gasteiger partial charge in [0, 0.05) is 13.1 Å². The number of rotatable bonds is 1. The Kier molecular flexibility index (Phi) is 0.867. The molecule has 1 aliphatic rings. The van der Waals surface area contributed by atoms with Gasteiger partial charge in [-0.2, -0.15) is 0 Å². The maximum Gasteiger partial charge on any atom is 0.419 e. The van der Waals surface area contributed by atoms with Crippen LogP contribution in [-0.4, -0.2) is 29.3 Å². The largest absolute Gasteiger partial charge is 0.464 e. The third-order valence-electron chi connectivity index (χ3n) is 0.701. The highest BCUT2D eigenvalue weighted by Crippen LogP contribution is 1.94. The average molecular weight is 102 g/mol. The van der Waals surface area contributed by atoms with Crippen molar-refractivity contribution >= 4 is 6.09 Å². The third-order valence-corrected chi connectivity index (χ3v) is 0.701. The number of nitrogens with zero attached hydrogens (tertiary/aromatic N) is 1. The lowest BCUT2D eigenvalue weighted by atomic mass is 11.0. The van der Waals surface area contributed by atoms with E-state index in [9.17, 15) is 4.79 Å². The summed E-state index contributed by atoms with van der Waals surface area (Å²) < 4.78 is 0. The maximum absolute atomic E-state index is 9.70. The molecule has 4 heteroatoms. The summed E-state index contributed by atoms with van der Waals surface area (Å²) in [5.74, 6) is 0. The topological polar surface area (TPSA) is 52.3 Å². The van der Waals surface area contributed by atoms with E-state index < -0.39 is 6.09 Å². The summed E-state index contributed by atoms with van der Waals surface area (Å²) in [5, 5.41) is 9.57. The molecule has 4 nitrogen and oxygen atoms in total. The van der Waals surface area contributed by atoms with Crippen LogP contribution in [0.1, 0.15) is 0 Å². The quantitative estimate of drug-likeness (QED) is 0.438. The van der Waals surface area contributed by atoms with Crippen LogP contribution in [-0.2, 0) is 0 Å². The molecule has 0 aromatic heterocycles. The number of nitrogens with one attached hydrogen (secondary N) is 1. The molecule has 0 spiro atoms. The summed E-state index contributed by atoms with van der Waals surface area (Å²) in [6.07, 6.45) is -0.975. The van der Waals surface area contributed by atoms with Crippen LogP contribution in [0.5, 0.6) is 0 Å². The summed E-state index contributed by atoms with van der Waals surface area (Å²) in [6, 6.07) is 0. The van der Waals surface area contributed by atoms with E-state index in [0.717, 1.165) is 13.1 Å². The lowest BCUT2D eigenvalue weighted by Crippen LogP contribution is -2.26. The number of hydrogen-bond donors (Lipinski definition) is 2. The number of carboxylic acid groups (broad SMARTS) is 1. The molecule has 40 valence electrons. The van der Waals surface area contributed by atoms with Crippen molar-refractivity contribution in [3.8, 4) is 0 Å². The van der Waals surface area contributed by atoms with Crippen LogP contribution in [0, 0.1) is 0 Å². The second kappa shape index (κ2) is 1.38. The fourth-order valence-electron chi connectivity index (χ4n) is 0.297. The van der Waals surface area contributed by atoms with Crippen molar-refractivity contribution in [1.82, 2.24) is 10.4 Å². The summed E-state index contributed by atoms with van der Waals surface area (Å²) in [4.78, 5) is 9.70. The van der Waals surface area contributed by atoms with Crippen LogP contribution in [0.25, 0.3) is 0 Å². The first-order chi connectivity index (χ1) is 3.29. The van der Waals surface area contributed by atoms with E-state index in [2.05, 4.69) is 5.43 Å². The van der Waals surface area contributed by atoms with Gasteiger partial charge in [-0.15, -0.1) is 0 Å². The van der Waals surface area contributed by atoms with Crippen molar-refractivity contribution < 1.29 is 9.90 Å². The van der Waals surface area contributed by atoms with Crippen LogP contribution in [0.3, 0.4) is 0 Å². The molecule has 0 aromatic rings. The highest BCUT2D eigenvalue weighted by atomic mass is 16.4. The Bertz CT molecular complexity index is 88.9. The molecule has 0 unspecified atom stereocenters. The molecule has 0 atom stereocenters. The number of hydrazine groups is 1. The van der Waals surface area contributed by atoms with Gasteiger partial charge in [-0.3, -0.25) is 5.43 Å². The molecule has 1 fully saturated rings. The predicted molar refractivity (Wildman–Crippen MR) is 22.7 cm³/mol. The molecular formula is C3H6N2O2. The third kappa shape index (κ3) is 1.41. The predicted octanol–water partition coefficient (Wildman–Crippen LogP) is -0.515. The van der Waals surface area contributed by atoms with Crippen molar-refractivity contribution in [2.75, 3.05) is 13.1 Å². The van der Waals surface area contributed by atoms with Crippen molar-refractivity contribution in [3.63, 3.8) is 0 Å². The molecule has 1 heterocycles. The highest BCUT2D eigenvalue weighted by molar-refractivity contribution is 5.63. The van der Waals surface area contributed by atoms with E-state index in [1.54, 1.807) is 5.01 Å². The van der Waals surface area contributed by atoms with Crippen molar-refractivity contribution in [3.05, 3.63) is 0 Å². The van der Waals surface area contributed by atoms with Crippen LogP contribution in [0.15, 0.2) is 0 Å². The molecule has 1 saturated heterocycles. The fourth-order valence-corrected chi connectivity index (χ4v) is 0.297. The maximum atomic E-state index is 9.70. The van der Waals surface area contributed by atoms with Crippen LogP contribution in [0.2, 0.25) is 0 Å². The Balaban J connectivity index is 2.08. The second-order valence-corrected chi connectivity index (χ2v) is 1.40. The zero-order chi connectivity index (χ0) is 5.28. The normalized spacial score (nSPS) is 18.9. The Hall–Kier alpha value is -0.770. The molecule has 0 bridgehead atoms. The van der Waals surface area contributed by atoms with Gasteiger partial charge in [0.25, 0.3) is 0 Å². The van der Waals surface area contributed by atoms with Crippen molar-refractivity contribution in [1.29, 1.82) is 0 Å². The van der Waals surface area contributed by atoms with E-state index in [0.29, 0.717) is 0 Å². The number of hydrogen-bond acceptors (Lipinski definition) is 2. The number of carbonyl (C=O) groups is 1. The fraction of sp³-hybridized carbons (Fsp3) is 0.667. The van der Waals surface area contributed by atoms with Gasteiger partial charge < -0.3 is 5.11 Å². The summed E-state index contributed by atoms with van der Waals surface area (Å²) in [6.45, 7) is 1.71. The molecule has 2 N–H and O–H groups in total. The molecule has 1 rings (SSSR count). The zero-order valence-corrected chi connectivity index (χ0v) is 3.72. The van der Waals surface area contributed by atoms with Gasteiger partial charge in [-0.05, 0) is 0 Å². The first kappa shape index (κ1) is 4.39. The van der Waals surface area contributed by atoms with Crippen molar-refractivity contribution in [2.45, 2.75) is 0 Å². The minimum absolute atomic E-state index is 0.853. The molecule has 0 aliphatic carbocycles. The Labute approximate surface area is 40.7 Å². The Morgan fingerprint density at radius 2 is 2.29 bits per heavy atom. The zero-order valence-electron chi connectivity index (χ0n) is 3.72. The van der Waals surface area contributed by atoms with E-state index in [1.165, 1.54) is 0 Å². The van der Waals surface area contributed by atoms with Gasteiger partial charge in [-0.1, -0.05) is 0 Å². The van der Waals surface area contributed by atoms with Gasteiger partial charge in [0.15, 0.2) is 0 Å². The summed E-state index contributed by atoms with van der Waals surface area (Å²) in [7, 11) is 0. The van der Waals surface area contributed by atoms with E-state index in [-0.39, 0.29) is 0 Å². The molecule has 7 heavy (non-hydrogen) atoms. The van der Waals surface area contributed by atoms with Gasteiger partial charge in [0.1, 0.15) is 0 Å². The van der Waals surface area contributed by atoms with Crippen molar-refractivity contribution in [2.24, 2.45) is 0 Å². The van der Waals surface area contributed by atoms with Crippen LogP contribution < -0.4 is 5.43 Å². The summed E-state index contributed by atoms with van der Waals surface area (Å²) in [5.41, 5.74) is 2.17. The van der Waals surface area contributed by atoms with Crippen LogP contribution >= 0.6 is 0 Å². The first-order valence-electron chi connectivity index (χ1n) is 2.03. The lowest BCUT2D eigenvalue weighted by Gasteiger charge is -1.93. The van der Waals surface area contributed by atoms with Crippen LogP contribution in [0.4, 0.5) is 4.79 Å². The molecular weight excluding hydrogens is 96.0 g/mol. The molecule has 0 aromatic carbocycles. The molecule has 0 radical (unpaired) electrons. The standard InChI is InChI=1S/C3H6N2O2/c6-3(7)4-5-1-2-5/h4H,1-2H2,(H,6,7). The average Bonchev–Trinajstić information content (AvgIpc) is 2.17. The first-order valence-corrected chi connectivity index (χ1v) is 2.03. The minimum Gasteiger partial charge on any atom is -0.464 e.